The number of piperidine rings is 1. The normalized spacial score (nSPS) is 17.1. The van der Waals surface area contributed by atoms with Crippen LogP contribution >= 0.6 is 0 Å². The van der Waals surface area contributed by atoms with Crippen molar-refractivity contribution in [2.75, 3.05) is 18.4 Å². The molecule has 4 nitrogen and oxygen atoms in total. The summed E-state index contributed by atoms with van der Waals surface area (Å²) in [6, 6.07) is 20.4. The number of hydrogen-bond donors (Lipinski definition) is 1. The Morgan fingerprint density at radius 2 is 1.96 bits per heavy atom. The maximum atomic E-state index is 12.4. The lowest BCUT2D eigenvalue weighted by Gasteiger charge is -2.29. The van der Waals surface area contributed by atoms with Crippen molar-refractivity contribution in [2.45, 2.75) is 19.3 Å². The van der Waals surface area contributed by atoms with E-state index in [0.29, 0.717) is 13.1 Å². The van der Waals surface area contributed by atoms with E-state index in [-0.39, 0.29) is 11.9 Å². The van der Waals surface area contributed by atoms with Gasteiger partial charge in [-0.15, -0.1) is 0 Å². The predicted molar refractivity (Wildman–Crippen MR) is 94.6 cm³/mol. The van der Waals surface area contributed by atoms with E-state index >= 15 is 0 Å². The highest BCUT2D eigenvalue weighted by Crippen LogP contribution is 2.18. The SMILES string of the molecule is N#CC1CCCN(C(=O)Nc2cccc(Cc3ccccc3)c2)C1. The molecule has 1 saturated heterocycles. The lowest BCUT2D eigenvalue weighted by atomic mass is 10.0. The van der Waals surface area contributed by atoms with E-state index in [1.807, 2.05) is 36.4 Å². The second-order valence-corrected chi connectivity index (χ2v) is 6.21. The van der Waals surface area contributed by atoms with Gasteiger partial charge in [0.15, 0.2) is 0 Å². The number of nitrogens with one attached hydrogen (secondary N) is 1. The fraction of sp³-hybridized carbons (Fsp3) is 0.300. The van der Waals surface area contributed by atoms with E-state index in [9.17, 15) is 4.79 Å². The average Bonchev–Trinajstić information content (AvgIpc) is 2.63. The third kappa shape index (κ3) is 4.14. The lowest BCUT2D eigenvalue weighted by Crippen LogP contribution is -2.42. The fourth-order valence-corrected chi connectivity index (χ4v) is 3.06. The van der Waals surface area contributed by atoms with E-state index in [1.165, 1.54) is 5.56 Å². The van der Waals surface area contributed by atoms with Gasteiger partial charge in [-0.1, -0.05) is 42.5 Å². The van der Waals surface area contributed by atoms with Gasteiger partial charge >= 0.3 is 6.03 Å². The van der Waals surface area contributed by atoms with Gasteiger partial charge in [0, 0.05) is 18.8 Å². The van der Waals surface area contributed by atoms with Crippen LogP contribution in [0.2, 0.25) is 0 Å². The number of nitrogens with zero attached hydrogens (tertiary/aromatic N) is 2. The third-order valence-corrected chi connectivity index (χ3v) is 4.32. The van der Waals surface area contributed by atoms with Gasteiger partial charge in [-0.3, -0.25) is 0 Å². The molecule has 1 fully saturated rings. The molecule has 3 rings (SSSR count). The monoisotopic (exact) mass is 319 g/mol. The first-order valence-corrected chi connectivity index (χ1v) is 8.33. The number of carbonyl (C=O) groups excluding carboxylic acids is 1. The maximum Gasteiger partial charge on any atom is 0.321 e. The molecule has 1 atom stereocenters. The van der Waals surface area contributed by atoms with Crippen LogP contribution in [0, 0.1) is 17.2 Å². The average molecular weight is 319 g/mol. The molecule has 2 aromatic carbocycles. The van der Waals surface area contributed by atoms with Crippen LogP contribution in [0.25, 0.3) is 0 Å². The summed E-state index contributed by atoms with van der Waals surface area (Å²) in [5.41, 5.74) is 3.20. The minimum absolute atomic E-state index is 0.0473. The Labute approximate surface area is 142 Å². The van der Waals surface area contributed by atoms with Gasteiger partial charge in [0.1, 0.15) is 0 Å². The number of likely N-dealkylation sites (tertiary alicyclic amines) is 1. The Hall–Kier alpha value is -2.80. The molecule has 1 heterocycles. The van der Waals surface area contributed by atoms with Crippen molar-refractivity contribution < 1.29 is 4.79 Å². The first-order valence-electron chi connectivity index (χ1n) is 8.33. The van der Waals surface area contributed by atoms with Crippen LogP contribution in [0.15, 0.2) is 54.6 Å². The van der Waals surface area contributed by atoms with Crippen molar-refractivity contribution in [3.8, 4) is 6.07 Å². The maximum absolute atomic E-state index is 12.4. The molecule has 1 N–H and O–H groups in total. The molecule has 4 heteroatoms. The molecule has 0 bridgehead atoms. The second-order valence-electron chi connectivity index (χ2n) is 6.21. The molecule has 0 aromatic heterocycles. The van der Waals surface area contributed by atoms with Crippen LogP contribution in [0.5, 0.6) is 0 Å². The van der Waals surface area contributed by atoms with Gasteiger partial charge in [-0.25, -0.2) is 4.79 Å². The number of rotatable bonds is 3. The van der Waals surface area contributed by atoms with E-state index in [0.717, 1.165) is 30.5 Å². The van der Waals surface area contributed by atoms with E-state index in [4.69, 9.17) is 5.26 Å². The molecule has 1 unspecified atom stereocenters. The van der Waals surface area contributed by atoms with Gasteiger partial charge < -0.3 is 10.2 Å². The molecular weight excluding hydrogens is 298 g/mol. The fourth-order valence-electron chi connectivity index (χ4n) is 3.06. The van der Waals surface area contributed by atoms with Gasteiger partial charge in [-0.05, 0) is 42.5 Å². The van der Waals surface area contributed by atoms with Crippen molar-refractivity contribution in [3.63, 3.8) is 0 Å². The first-order chi connectivity index (χ1) is 11.7. The summed E-state index contributed by atoms with van der Waals surface area (Å²) in [5.74, 6) is -0.0473. The number of nitriles is 1. The molecular formula is C20H21N3O. The largest absolute Gasteiger partial charge is 0.323 e. The topological polar surface area (TPSA) is 56.1 Å². The number of benzene rings is 2. The molecule has 1 aliphatic rings. The molecule has 2 amide bonds. The molecule has 2 aromatic rings. The summed E-state index contributed by atoms with van der Waals surface area (Å²) < 4.78 is 0. The molecule has 122 valence electrons. The minimum Gasteiger partial charge on any atom is -0.323 e. The smallest absolute Gasteiger partial charge is 0.321 e. The summed E-state index contributed by atoms with van der Waals surface area (Å²) in [6.45, 7) is 1.24. The second kappa shape index (κ2) is 7.65. The van der Waals surface area contributed by atoms with Crippen LogP contribution in [0.3, 0.4) is 0 Å². The standard InChI is InChI=1S/C20H21N3O/c21-14-18-9-5-11-23(15-18)20(24)22-19-10-4-8-17(13-19)12-16-6-2-1-3-7-16/h1-4,6-8,10,13,18H,5,9,11-12,15H2,(H,22,24). The van der Waals surface area contributed by atoms with Gasteiger partial charge in [0.05, 0.1) is 12.0 Å². The highest BCUT2D eigenvalue weighted by atomic mass is 16.2. The first kappa shape index (κ1) is 16.1. The Morgan fingerprint density at radius 3 is 2.75 bits per heavy atom. The number of anilines is 1. The van der Waals surface area contributed by atoms with Crippen molar-refractivity contribution in [1.82, 2.24) is 4.90 Å². The van der Waals surface area contributed by atoms with Crippen LogP contribution in [0.4, 0.5) is 10.5 Å². The molecule has 0 saturated carbocycles. The van der Waals surface area contributed by atoms with Crippen LogP contribution in [0.1, 0.15) is 24.0 Å². The van der Waals surface area contributed by atoms with Gasteiger partial charge in [0.25, 0.3) is 0 Å². The third-order valence-electron chi connectivity index (χ3n) is 4.32. The van der Waals surface area contributed by atoms with Crippen molar-refractivity contribution in [3.05, 3.63) is 65.7 Å². The Morgan fingerprint density at radius 1 is 1.17 bits per heavy atom. The molecule has 0 radical (unpaired) electrons. The number of hydrogen-bond acceptors (Lipinski definition) is 2. The zero-order valence-electron chi connectivity index (χ0n) is 13.6. The Bertz CT molecular complexity index is 736. The number of amides is 2. The van der Waals surface area contributed by atoms with E-state index in [2.05, 4.69) is 29.6 Å². The zero-order valence-corrected chi connectivity index (χ0v) is 13.6. The van der Waals surface area contributed by atoms with Crippen molar-refractivity contribution in [2.24, 2.45) is 5.92 Å². The van der Waals surface area contributed by atoms with Gasteiger partial charge in [0.2, 0.25) is 0 Å². The highest BCUT2D eigenvalue weighted by Gasteiger charge is 2.23. The zero-order chi connectivity index (χ0) is 16.8. The Kier molecular flexibility index (Phi) is 5.12. The van der Waals surface area contributed by atoms with E-state index < -0.39 is 0 Å². The summed E-state index contributed by atoms with van der Waals surface area (Å²) in [4.78, 5) is 14.1. The molecule has 24 heavy (non-hydrogen) atoms. The molecule has 0 aliphatic carbocycles. The summed E-state index contributed by atoms with van der Waals surface area (Å²) in [6.07, 6.45) is 2.61. The van der Waals surface area contributed by atoms with Crippen LogP contribution in [-0.2, 0) is 6.42 Å². The molecule has 1 aliphatic heterocycles. The molecule has 0 spiro atoms. The van der Waals surface area contributed by atoms with Crippen LogP contribution < -0.4 is 5.32 Å². The Balaban J connectivity index is 1.64. The summed E-state index contributed by atoms with van der Waals surface area (Å²) in [7, 11) is 0. The number of carbonyl (C=O) groups is 1. The van der Waals surface area contributed by atoms with Crippen LogP contribution in [-0.4, -0.2) is 24.0 Å². The van der Waals surface area contributed by atoms with E-state index in [1.54, 1.807) is 4.90 Å². The minimum atomic E-state index is -0.119. The van der Waals surface area contributed by atoms with Crippen molar-refractivity contribution in [1.29, 1.82) is 5.26 Å². The van der Waals surface area contributed by atoms with Gasteiger partial charge in [-0.2, -0.15) is 5.26 Å². The lowest BCUT2D eigenvalue weighted by molar-refractivity contribution is 0.189. The number of urea groups is 1. The summed E-state index contributed by atoms with van der Waals surface area (Å²) >= 11 is 0. The quantitative estimate of drug-likeness (QED) is 0.928. The highest BCUT2D eigenvalue weighted by molar-refractivity contribution is 5.89. The summed E-state index contributed by atoms with van der Waals surface area (Å²) in [5, 5.41) is 12.0. The predicted octanol–water partition coefficient (Wildman–Crippen LogP) is 4.04. The van der Waals surface area contributed by atoms with Crippen molar-refractivity contribution >= 4 is 11.7 Å².